The number of ether oxygens (including phenoxy) is 1. The lowest BCUT2D eigenvalue weighted by atomic mass is 10.1. The number of hydrogen-bond acceptors (Lipinski definition) is 7. The second kappa shape index (κ2) is 4.74. The number of nitrogen functional groups attached to an aromatic ring is 1. The highest BCUT2D eigenvalue weighted by Gasteiger charge is 2.36. The third-order valence-electron chi connectivity index (χ3n) is 4.21. The van der Waals surface area contributed by atoms with Crippen molar-refractivity contribution in [2.24, 2.45) is 0 Å². The molecule has 0 aromatic carbocycles. The Morgan fingerprint density at radius 1 is 1.23 bits per heavy atom. The summed E-state index contributed by atoms with van der Waals surface area (Å²) in [6.45, 7) is 4.12. The summed E-state index contributed by atoms with van der Waals surface area (Å²) in [6, 6.07) is 0. The van der Waals surface area contributed by atoms with Crippen molar-refractivity contribution in [3.8, 4) is 11.4 Å². The van der Waals surface area contributed by atoms with Gasteiger partial charge in [-0.3, -0.25) is 0 Å². The van der Waals surface area contributed by atoms with Gasteiger partial charge in [-0.05, 0) is 39.5 Å². The summed E-state index contributed by atoms with van der Waals surface area (Å²) in [4.78, 5) is 13.1. The first-order chi connectivity index (χ1) is 10.5. The minimum Gasteiger partial charge on any atom is -0.383 e. The number of nitrogens with two attached hydrogens (primary N) is 1. The summed E-state index contributed by atoms with van der Waals surface area (Å²) < 4.78 is 11.3. The van der Waals surface area contributed by atoms with Crippen LogP contribution in [-0.4, -0.2) is 25.7 Å². The molecule has 7 nitrogen and oxygen atoms in total. The largest absolute Gasteiger partial charge is 0.383 e. The van der Waals surface area contributed by atoms with Gasteiger partial charge >= 0.3 is 0 Å². The maximum Gasteiger partial charge on any atom is 0.256 e. The van der Waals surface area contributed by atoms with Crippen LogP contribution in [0.25, 0.3) is 11.4 Å². The third-order valence-corrected chi connectivity index (χ3v) is 4.21. The van der Waals surface area contributed by atoms with Crippen molar-refractivity contribution < 1.29 is 9.26 Å². The Kier molecular flexibility index (Phi) is 2.94. The average molecular weight is 301 g/mol. The summed E-state index contributed by atoms with van der Waals surface area (Å²) in [7, 11) is 0. The van der Waals surface area contributed by atoms with Gasteiger partial charge in [-0.1, -0.05) is 5.16 Å². The van der Waals surface area contributed by atoms with Gasteiger partial charge in [-0.2, -0.15) is 4.98 Å². The molecule has 7 heteroatoms. The van der Waals surface area contributed by atoms with Crippen LogP contribution in [-0.2, 0) is 4.74 Å². The lowest BCUT2D eigenvalue weighted by molar-refractivity contribution is -0.0292. The molecule has 0 radical (unpaired) electrons. The molecule has 3 heterocycles. The molecule has 1 atom stereocenters. The van der Waals surface area contributed by atoms with Gasteiger partial charge < -0.3 is 15.0 Å². The third kappa shape index (κ3) is 2.45. The van der Waals surface area contributed by atoms with Gasteiger partial charge in [0.2, 0.25) is 5.82 Å². The summed E-state index contributed by atoms with van der Waals surface area (Å²) in [5, 5.41) is 4.00. The predicted molar refractivity (Wildman–Crippen MR) is 78.9 cm³/mol. The molecule has 1 aliphatic heterocycles. The lowest BCUT2D eigenvalue weighted by Crippen LogP contribution is -2.17. The van der Waals surface area contributed by atoms with Crippen molar-refractivity contribution in [1.82, 2.24) is 20.1 Å². The fraction of sp³-hybridized carbons (Fsp3) is 0.600. The zero-order valence-corrected chi connectivity index (χ0v) is 12.7. The van der Waals surface area contributed by atoms with E-state index >= 15 is 0 Å². The van der Waals surface area contributed by atoms with Crippen LogP contribution >= 0.6 is 0 Å². The summed E-state index contributed by atoms with van der Waals surface area (Å²) >= 11 is 0. The molecule has 1 aliphatic carbocycles. The molecule has 0 spiro atoms. The van der Waals surface area contributed by atoms with Crippen molar-refractivity contribution in [2.45, 2.75) is 57.2 Å². The molecule has 2 aliphatic rings. The molecule has 1 saturated heterocycles. The Hall–Kier alpha value is -2.02. The molecule has 4 rings (SSSR count). The van der Waals surface area contributed by atoms with Crippen LogP contribution in [0.3, 0.4) is 0 Å². The fourth-order valence-corrected chi connectivity index (χ4v) is 2.75. The van der Waals surface area contributed by atoms with E-state index in [2.05, 4.69) is 34.0 Å². The Morgan fingerprint density at radius 3 is 2.68 bits per heavy atom. The minimum absolute atomic E-state index is 0.145. The molecule has 0 bridgehead atoms. The van der Waals surface area contributed by atoms with E-state index in [4.69, 9.17) is 15.0 Å². The molecular formula is C15H19N5O2. The van der Waals surface area contributed by atoms with Crippen LogP contribution in [0.4, 0.5) is 5.82 Å². The number of nitrogens with zero attached hydrogens (tertiary/aromatic N) is 4. The zero-order chi connectivity index (χ0) is 15.3. The van der Waals surface area contributed by atoms with E-state index in [1.165, 1.54) is 0 Å². The summed E-state index contributed by atoms with van der Waals surface area (Å²) in [5.41, 5.74) is 6.48. The van der Waals surface area contributed by atoms with E-state index in [0.717, 1.165) is 31.5 Å². The molecular weight excluding hydrogens is 282 g/mol. The van der Waals surface area contributed by atoms with E-state index in [9.17, 15) is 0 Å². The molecule has 2 N–H and O–H groups in total. The SMILES string of the molecule is CC1(C)CCC(c2nc(-c3cnc(C4CC4)nc3N)no2)O1. The van der Waals surface area contributed by atoms with Crippen LogP contribution in [0, 0.1) is 0 Å². The average Bonchev–Trinajstić information content (AvgIpc) is 3.10. The van der Waals surface area contributed by atoms with Gasteiger partial charge in [0.15, 0.2) is 0 Å². The topological polar surface area (TPSA) is 100.0 Å². The van der Waals surface area contributed by atoms with E-state index in [1.54, 1.807) is 6.20 Å². The minimum atomic E-state index is -0.149. The number of hydrogen-bond donors (Lipinski definition) is 1. The molecule has 116 valence electrons. The van der Waals surface area contributed by atoms with Crippen molar-refractivity contribution in [1.29, 1.82) is 0 Å². The molecule has 2 aromatic heterocycles. The Balaban J connectivity index is 1.59. The van der Waals surface area contributed by atoms with Gasteiger partial charge in [0.05, 0.1) is 11.2 Å². The van der Waals surface area contributed by atoms with Crippen LogP contribution in [0.1, 0.15) is 63.3 Å². The van der Waals surface area contributed by atoms with Crippen LogP contribution < -0.4 is 5.73 Å². The molecule has 2 aromatic rings. The van der Waals surface area contributed by atoms with Gasteiger partial charge in [0.25, 0.3) is 5.89 Å². The maximum atomic E-state index is 6.02. The number of aromatic nitrogens is 4. The van der Waals surface area contributed by atoms with Crippen molar-refractivity contribution in [2.75, 3.05) is 5.73 Å². The van der Waals surface area contributed by atoms with E-state index in [0.29, 0.717) is 29.0 Å². The molecule has 1 unspecified atom stereocenters. The van der Waals surface area contributed by atoms with E-state index < -0.39 is 0 Å². The van der Waals surface area contributed by atoms with E-state index in [-0.39, 0.29) is 11.7 Å². The fourth-order valence-electron chi connectivity index (χ4n) is 2.75. The standard InChI is InChI=1S/C15H19N5O2/c1-15(2)6-5-10(21-15)14-19-13(20-22-14)9-7-17-12(8-3-4-8)18-11(9)16/h7-8,10H,3-6H2,1-2H3,(H2,16,17,18). The second-order valence-electron chi connectivity index (χ2n) is 6.66. The Labute approximate surface area is 128 Å². The van der Waals surface area contributed by atoms with Crippen molar-refractivity contribution in [3.05, 3.63) is 17.9 Å². The lowest BCUT2D eigenvalue weighted by Gasteiger charge is -2.17. The van der Waals surface area contributed by atoms with Crippen LogP contribution in [0.15, 0.2) is 10.7 Å². The zero-order valence-electron chi connectivity index (χ0n) is 12.7. The van der Waals surface area contributed by atoms with Crippen LogP contribution in [0.5, 0.6) is 0 Å². The second-order valence-corrected chi connectivity index (χ2v) is 6.66. The quantitative estimate of drug-likeness (QED) is 0.929. The van der Waals surface area contributed by atoms with Gasteiger partial charge in [0.1, 0.15) is 17.7 Å². The highest BCUT2D eigenvalue weighted by atomic mass is 16.5. The first-order valence-corrected chi connectivity index (χ1v) is 7.66. The number of rotatable bonds is 3. The highest BCUT2D eigenvalue weighted by molar-refractivity contribution is 5.66. The molecule has 1 saturated carbocycles. The van der Waals surface area contributed by atoms with Gasteiger partial charge in [0, 0.05) is 12.1 Å². The molecule has 2 fully saturated rings. The normalized spacial score (nSPS) is 23.8. The van der Waals surface area contributed by atoms with Crippen LogP contribution in [0.2, 0.25) is 0 Å². The first kappa shape index (κ1) is 13.6. The number of anilines is 1. The molecule has 22 heavy (non-hydrogen) atoms. The van der Waals surface area contributed by atoms with Gasteiger partial charge in [-0.25, -0.2) is 9.97 Å². The maximum absolute atomic E-state index is 6.02. The molecule has 0 amide bonds. The van der Waals surface area contributed by atoms with Crippen molar-refractivity contribution in [3.63, 3.8) is 0 Å². The highest BCUT2D eigenvalue weighted by Crippen LogP contribution is 2.40. The Bertz CT molecular complexity index is 708. The predicted octanol–water partition coefficient (Wildman–Crippen LogP) is 2.62. The van der Waals surface area contributed by atoms with E-state index in [1.807, 2.05) is 0 Å². The summed E-state index contributed by atoms with van der Waals surface area (Å²) in [6.07, 6.45) is 5.66. The monoisotopic (exact) mass is 301 g/mol. The van der Waals surface area contributed by atoms with Crippen molar-refractivity contribution >= 4 is 5.82 Å². The van der Waals surface area contributed by atoms with Gasteiger partial charge in [-0.15, -0.1) is 0 Å². The first-order valence-electron chi connectivity index (χ1n) is 7.66. The summed E-state index contributed by atoms with van der Waals surface area (Å²) in [5.74, 6) is 2.59. The Morgan fingerprint density at radius 2 is 2.05 bits per heavy atom. The smallest absolute Gasteiger partial charge is 0.256 e.